The number of rotatable bonds is 5. The fraction of sp³-hybridized carbons (Fsp3) is 0.174. The summed E-state index contributed by atoms with van der Waals surface area (Å²) in [6.07, 6.45) is 1.55. The minimum atomic E-state index is -0.366. The van der Waals surface area contributed by atoms with E-state index in [1.807, 2.05) is 0 Å². The lowest BCUT2D eigenvalue weighted by molar-refractivity contribution is -0.117. The maximum absolute atomic E-state index is 13.3. The van der Waals surface area contributed by atoms with Crippen molar-refractivity contribution in [3.05, 3.63) is 70.9 Å². The number of nitrogens with zero attached hydrogens (tertiary/aromatic N) is 4. The quantitative estimate of drug-likeness (QED) is 0.426. The van der Waals surface area contributed by atoms with Gasteiger partial charge in [-0.25, -0.2) is 14.1 Å². The van der Waals surface area contributed by atoms with Crippen LogP contribution >= 0.6 is 11.8 Å². The summed E-state index contributed by atoms with van der Waals surface area (Å²) in [4.78, 5) is 41.6. The molecule has 0 saturated heterocycles. The van der Waals surface area contributed by atoms with Crippen molar-refractivity contribution < 1.29 is 14.0 Å². The first-order valence-corrected chi connectivity index (χ1v) is 11.4. The van der Waals surface area contributed by atoms with Crippen LogP contribution in [0.15, 0.2) is 64.7 Å². The minimum Gasteiger partial charge on any atom is -0.326 e. The number of thioether (sulfide) groups is 1. The fourth-order valence-electron chi connectivity index (χ4n) is 3.82. The Labute approximate surface area is 197 Å². The van der Waals surface area contributed by atoms with Crippen LogP contribution in [-0.4, -0.2) is 36.9 Å². The maximum atomic E-state index is 13.3. The summed E-state index contributed by atoms with van der Waals surface area (Å²) in [7, 11) is 0. The standard InChI is InChI=1S/C23H19FN6O3S/c1-13(31)26-15-4-6-16(7-5-15)27-20(32)10-18-12-34-23-28-21-19(22(33)29(18)23)11-25-30(21)17-8-2-14(24)3-9-17/h2-9,11,18H,10,12H2,1H3,(H,26,31)(H,27,32). The van der Waals surface area contributed by atoms with Gasteiger partial charge < -0.3 is 10.6 Å². The molecule has 2 aromatic carbocycles. The summed E-state index contributed by atoms with van der Waals surface area (Å²) in [6.45, 7) is 1.42. The molecule has 3 heterocycles. The van der Waals surface area contributed by atoms with Gasteiger partial charge in [0.2, 0.25) is 11.8 Å². The van der Waals surface area contributed by atoms with Gasteiger partial charge in [0.15, 0.2) is 10.8 Å². The highest BCUT2D eigenvalue weighted by Gasteiger charge is 2.29. The molecule has 1 aliphatic heterocycles. The van der Waals surface area contributed by atoms with Crippen LogP contribution in [0.4, 0.5) is 15.8 Å². The van der Waals surface area contributed by atoms with Gasteiger partial charge >= 0.3 is 0 Å². The first-order chi connectivity index (χ1) is 16.4. The molecule has 0 aliphatic carbocycles. The molecule has 34 heavy (non-hydrogen) atoms. The first-order valence-electron chi connectivity index (χ1n) is 10.5. The zero-order valence-corrected chi connectivity index (χ0v) is 18.8. The molecule has 1 unspecified atom stereocenters. The normalized spacial score (nSPS) is 14.7. The summed E-state index contributed by atoms with van der Waals surface area (Å²) in [5.74, 6) is -0.243. The van der Waals surface area contributed by atoms with Gasteiger partial charge in [-0.3, -0.25) is 19.0 Å². The molecule has 1 aliphatic rings. The molecule has 0 bridgehead atoms. The largest absolute Gasteiger partial charge is 0.326 e. The Morgan fingerprint density at radius 2 is 1.76 bits per heavy atom. The molecule has 4 aromatic rings. The van der Waals surface area contributed by atoms with Crippen LogP contribution in [0.5, 0.6) is 0 Å². The van der Waals surface area contributed by atoms with E-state index in [9.17, 15) is 18.8 Å². The van der Waals surface area contributed by atoms with Crippen molar-refractivity contribution in [2.45, 2.75) is 24.5 Å². The Kier molecular flexibility index (Phi) is 5.62. The highest BCUT2D eigenvalue weighted by Crippen LogP contribution is 2.33. The Hall–Kier alpha value is -3.99. The van der Waals surface area contributed by atoms with Crippen molar-refractivity contribution in [1.82, 2.24) is 19.3 Å². The van der Waals surface area contributed by atoms with Crippen molar-refractivity contribution in [3.8, 4) is 5.69 Å². The molecule has 2 N–H and O–H groups in total. The fourth-order valence-corrected chi connectivity index (χ4v) is 4.95. The first kappa shape index (κ1) is 21.8. The number of nitrogens with one attached hydrogen (secondary N) is 2. The minimum absolute atomic E-state index is 0.104. The highest BCUT2D eigenvalue weighted by molar-refractivity contribution is 7.99. The molecule has 5 rings (SSSR count). The van der Waals surface area contributed by atoms with Crippen molar-refractivity contribution in [2.24, 2.45) is 0 Å². The van der Waals surface area contributed by atoms with Gasteiger partial charge in [-0.2, -0.15) is 5.10 Å². The number of amides is 2. The number of anilines is 2. The van der Waals surface area contributed by atoms with Crippen molar-refractivity contribution in [1.29, 1.82) is 0 Å². The maximum Gasteiger partial charge on any atom is 0.265 e. The number of hydrogen-bond donors (Lipinski definition) is 2. The van der Waals surface area contributed by atoms with E-state index in [-0.39, 0.29) is 35.7 Å². The number of halogens is 1. The SMILES string of the molecule is CC(=O)Nc1ccc(NC(=O)CC2CSc3nc4c(cnn4-c4ccc(F)cc4)c(=O)n32)cc1. The zero-order chi connectivity index (χ0) is 23.8. The Bertz CT molecular complexity index is 1460. The molecule has 0 fully saturated rings. The van der Waals surface area contributed by atoms with E-state index in [1.165, 1.54) is 41.7 Å². The summed E-state index contributed by atoms with van der Waals surface area (Å²) in [5, 5.41) is 10.6. The second-order valence-corrected chi connectivity index (χ2v) is 8.80. The smallest absolute Gasteiger partial charge is 0.265 e. The predicted molar refractivity (Wildman–Crippen MR) is 127 cm³/mol. The van der Waals surface area contributed by atoms with Crippen LogP contribution in [0.2, 0.25) is 0 Å². The Balaban J connectivity index is 1.36. The van der Waals surface area contributed by atoms with Gasteiger partial charge in [-0.05, 0) is 48.5 Å². The molecule has 0 spiro atoms. The van der Waals surface area contributed by atoms with Gasteiger partial charge in [-0.15, -0.1) is 0 Å². The predicted octanol–water partition coefficient (Wildman–Crippen LogP) is 3.36. The van der Waals surface area contributed by atoms with Gasteiger partial charge in [0.1, 0.15) is 11.2 Å². The number of fused-ring (bicyclic) bond motifs is 2. The number of carbonyl (C=O) groups is 2. The summed E-state index contributed by atoms with van der Waals surface area (Å²) in [6, 6.07) is 12.2. The molecule has 9 nitrogen and oxygen atoms in total. The second kappa shape index (κ2) is 8.75. The molecule has 2 amide bonds. The third-order valence-corrected chi connectivity index (χ3v) is 6.45. The molecular weight excluding hydrogens is 459 g/mol. The Morgan fingerprint density at radius 3 is 2.44 bits per heavy atom. The molecular formula is C23H19FN6O3S. The third kappa shape index (κ3) is 4.17. The van der Waals surface area contributed by atoms with Gasteiger partial charge in [0.25, 0.3) is 5.56 Å². The number of hydrogen-bond acceptors (Lipinski definition) is 6. The van der Waals surface area contributed by atoms with Crippen LogP contribution in [0.3, 0.4) is 0 Å². The number of aromatic nitrogens is 4. The molecule has 11 heteroatoms. The van der Waals surface area contributed by atoms with Gasteiger partial charge in [0.05, 0.1) is 17.9 Å². The topological polar surface area (TPSA) is 111 Å². The van der Waals surface area contributed by atoms with Crippen LogP contribution in [0.25, 0.3) is 16.7 Å². The summed E-state index contributed by atoms with van der Waals surface area (Å²) < 4.78 is 16.3. The molecule has 0 radical (unpaired) electrons. The molecule has 0 saturated carbocycles. The van der Waals surface area contributed by atoms with E-state index in [4.69, 9.17) is 0 Å². The van der Waals surface area contributed by atoms with E-state index < -0.39 is 0 Å². The average molecular weight is 479 g/mol. The van der Waals surface area contributed by atoms with Crippen molar-refractivity contribution >= 4 is 46.0 Å². The second-order valence-electron chi connectivity index (χ2n) is 7.82. The number of carbonyl (C=O) groups excluding carboxylic acids is 2. The van der Waals surface area contributed by atoms with Crippen LogP contribution in [0.1, 0.15) is 19.4 Å². The zero-order valence-electron chi connectivity index (χ0n) is 18.0. The van der Waals surface area contributed by atoms with Gasteiger partial charge in [-0.1, -0.05) is 11.8 Å². The van der Waals surface area contributed by atoms with Gasteiger partial charge in [0, 0.05) is 30.5 Å². The van der Waals surface area contributed by atoms with Crippen LogP contribution < -0.4 is 16.2 Å². The lowest BCUT2D eigenvalue weighted by Gasteiger charge is -2.14. The van der Waals surface area contributed by atoms with Crippen LogP contribution in [-0.2, 0) is 9.59 Å². The van der Waals surface area contributed by atoms with Crippen molar-refractivity contribution in [3.63, 3.8) is 0 Å². The van der Waals surface area contributed by atoms with E-state index >= 15 is 0 Å². The molecule has 172 valence electrons. The van der Waals surface area contributed by atoms with Crippen LogP contribution in [0, 0.1) is 5.82 Å². The lowest BCUT2D eigenvalue weighted by atomic mass is 10.2. The van der Waals surface area contributed by atoms with E-state index in [0.717, 1.165) is 0 Å². The van der Waals surface area contributed by atoms with E-state index in [1.54, 1.807) is 41.0 Å². The average Bonchev–Trinajstić information content (AvgIpc) is 3.40. The Morgan fingerprint density at radius 1 is 1.09 bits per heavy atom. The lowest BCUT2D eigenvalue weighted by Crippen LogP contribution is -2.27. The highest BCUT2D eigenvalue weighted by atomic mass is 32.2. The summed E-state index contributed by atoms with van der Waals surface area (Å²) >= 11 is 1.40. The number of benzene rings is 2. The third-order valence-electron chi connectivity index (χ3n) is 5.35. The molecule has 2 aromatic heterocycles. The summed E-state index contributed by atoms with van der Waals surface area (Å²) in [5.41, 5.74) is 1.94. The van der Waals surface area contributed by atoms with E-state index in [2.05, 4.69) is 20.7 Å². The molecule has 1 atom stereocenters. The van der Waals surface area contributed by atoms with E-state index in [0.29, 0.717) is 39.0 Å². The monoisotopic (exact) mass is 478 g/mol. The van der Waals surface area contributed by atoms with Crippen molar-refractivity contribution in [2.75, 3.05) is 16.4 Å².